The van der Waals surface area contributed by atoms with Crippen molar-refractivity contribution < 1.29 is 19.4 Å². The lowest BCUT2D eigenvalue weighted by molar-refractivity contribution is -0.135. The Morgan fingerprint density at radius 1 is 1.35 bits per heavy atom. The Labute approximate surface area is 104 Å². The van der Waals surface area contributed by atoms with Crippen LogP contribution in [0.5, 0.6) is 11.5 Å². The summed E-state index contributed by atoms with van der Waals surface area (Å²) in [5.41, 5.74) is 0.787. The number of carboxylic acids is 1. The van der Waals surface area contributed by atoms with Gasteiger partial charge in [0.15, 0.2) is 0 Å². The molecule has 0 amide bonds. The van der Waals surface area contributed by atoms with Crippen molar-refractivity contribution in [3.05, 3.63) is 22.7 Å². The van der Waals surface area contributed by atoms with E-state index >= 15 is 0 Å². The van der Waals surface area contributed by atoms with Gasteiger partial charge in [-0.3, -0.25) is 4.79 Å². The normalized spacial score (nSPS) is 10.1. The van der Waals surface area contributed by atoms with Gasteiger partial charge in [-0.1, -0.05) is 11.6 Å². The van der Waals surface area contributed by atoms with Crippen molar-refractivity contribution in [3.8, 4) is 11.5 Å². The summed E-state index contributed by atoms with van der Waals surface area (Å²) in [5, 5.41) is 11.7. The van der Waals surface area contributed by atoms with Gasteiger partial charge in [-0.05, 0) is 6.07 Å². The van der Waals surface area contributed by atoms with Crippen molar-refractivity contribution in [3.63, 3.8) is 0 Å². The van der Waals surface area contributed by atoms with Crippen molar-refractivity contribution in [2.45, 2.75) is 6.54 Å². The van der Waals surface area contributed by atoms with Crippen LogP contribution in [-0.4, -0.2) is 31.8 Å². The maximum atomic E-state index is 10.4. The molecule has 1 aromatic carbocycles. The Hall–Kier alpha value is -1.46. The lowest BCUT2D eigenvalue weighted by Gasteiger charge is -2.12. The summed E-state index contributed by atoms with van der Waals surface area (Å²) in [6.45, 7) is 0.247. The van der Waals surface area contributed by atoms with Crippen molar-refractivity contribution in [2.24, 2.45) is 0 Å². The standard InChI is InChI=1S/C11H14ClNO4/c1-16-9-4-8(12)10(17-2)3-7(9)5-13-6-11(14)15/h3-4,13H,5-6H2,1-2H3,(H,14,15). The first-order valence-electron chi connectivity index (χ1n) is 4.91. The van der Waals surface area contributed by atoms with E-state index in [1.165, 1.54) is 14.2 Å². The highest BCUT2D eigenvalue weighted by Crippen LogP contribution is 2.32. The van der Waals surface area contributed by atoms with Gasteiger partial charge in [0, 0.05) is 18.2 Å². The van der Waals surface area contributed by atoms with Crippen LogP contribution in [0.3, 0.4) is 0 Å². The molecule has 0 heterocycles. The first-order valence-corrected chi connectivity index (χ1v) is 5.29. The van der Waals surface area contributed by atoms with Crippen LogP contribution >= 0.6 is 11.6 Å². The molecular weight excluding hydrogens is 246 g/mol. The van der Waals surface area contributed by atoms with Crippen LogP contribution < -0.4 is 14.8 Å². The van der Waals surface area contributed by atoms with Crippen LogP contribution in [-0.2, 0) is 11.3 Å². The van der Waals surface area contributed by atoms with Crippen molar-refractivity contribution >= 4 is 17.6 Å². The number of hydrogen-bond donors (Lipinski definition) is 2. The summed E-state index contributed by atoms with van der Waals surface area (Å²) in [4.78, 5) is 10.4. The van der Waals surface area contributed by atoms with Crippen LogP contribution in [0.2, 0.25) is 5.02 Å². The number of benzene rings is 1. The first kappa shape index (κ1) is 13.6. The zero-order valence-electron chi connectivity index (χ0n) is 9.62. The fraction of sp³-hybridized carbons (Fsp3) is 0.364. The van der Waals surface area contributed by atoms with Gasteiger partial charge in [0.1, 0.15) is 11.5 Å². The number of rotatable bonds is 6. The number of methoxy groups -OCH3 is 2. The molecule has 0 unspecified atom stereocenters. The summed E-state index contributed by atoms with van der Waals surface area (Å²) < 4.78 is 10.2. The fourth-order valence-corrected chi connectivity index (χ4v) is 1.60. The Kier molecular flexibility index (Phi) is 5.06. The van der Waals surface area contributed by atoms with E-state index in [-0.39, 0.29) is 6.54 Å². The highest BCUT2D eigenvalue weighted by Gasteiger charge is 2.09. The first-order chi connectivity index (χ1) is 8.08. The van der Waals surface area contributed by atoms with Gasteiger partial charge in [0.05, 0.1) is 25.8 Å². The molecule has 0 saturated carbocycles. The molecule has 0 fully saturated rings. The number of halogens is 1. The Bertz CT molecular complexity index is 409. The third-order valence-corrected chi connectivity index (χ3v) is 2.44. The molecule has 5 nitrogen and oxygen atoms in total. The van der Waals surface area contributed by atoms with E-state index in [1.807, 2.05) is 0 Å². The van der Waals surface area contributed by atoms with Crippen LogP contribution in [0.15, 0.2) is 12.1 Å². The highest BCUT2D eigenvalue weighted by molar-refractivity contribution is 6.32. The van der Waals surface area contributed by atoms with Crippen molar-refractivity contribution in [2.75, 3.05) is 20.8 Å². The third kappa shape index (κ3) is 3.80. The second-order valence-electron chi connectivity index (χ2n) is 3.30. The topological polar surface area (TPSA) is 67.8 Å². The lowest BCUT2D eigenvalue weighted by Crippen LogP contribution is -2.22. The number of hydrogen-bond acceptors (Lipinski definition) is 4. The number of carbonyl (C=O) groups is 1. The molecule has 1 aromatic rings. The molecule has 0 aromatic heterocycles. The minimum Gasteiger partial charge on any atom is -0.496 e. The van der Waals surface area contributed by atoms with Crippen molar-refractivity contribution in [1.82, 2.24) is 5.32 Å². The van der Waals surface area contributed by atoms with Crippen LogP contribution in [0.25, 0.3) is 0 Å². The molecule has 1 rings (SSSR count). The Morgan fingerprint density at radius 3 is 2.53 bits per heavy atom. The minimum atomic E-state index is -0.912. The molecule has 0 bridgehead atoms. The summed E-state index contributed by atoms with van der Waals surface area (Å²) in [7, 11) is 3.04. The SMILES string of the molecule is COc1cc(CNCC(=O)O)c(OC)cc1Cl. The molecule has 0 atom stereocenters. The maximum absolute atomic E-state index is 10.4. The van der Waals surface area contributed by atoms with Crippen LogP contribution in [0.1, 0.15) is 5.56 Å². The average Bonchev–Trinajstić information content (AvgIpc) is 2.30. The average molecular weight is 260 g/mol. The molecule has 0 aliphatic heterocycles. The molecule has 6 heteroatoms. The zero-order chi connectivity index (χ0) is 12.8. The van der Waals surface area contributed by atoms with Gasteiger partial charge in [-0.15, -0.1) is 0 Å². The maximum Gasteiger partial charge on any atom is 0.317 e. The number of aliphatic carboxylic acids is 1. The zero-order valence-corrected chi connectivity index (χ0v) is 10.4. The van der Waals surface area contributed by atoms with Crippen LogP contribution in [0.4, 0.5) is 0 Å². The van der Waals surface area contributed by atoms with Gasteiger partial charge in [-0.25, -0.2) is 0 Å². The smallest absolute Gasteiger partial charge is 0.317 e. The fourth-order valence-electron chi connectivity index (χ4n) is 1.37. The molecule has 0 radical (unpaired) electrons. The minimum absolute atomic E-state index is 0.117. The van der Waals surface area contributed by atoms with Gasteiger partial charge in [-0.2, -0.15) is 0 Å². The van der Waals surface area contributed by atoms with E-state index in [1.54, 1.807) is 12.1 Å². The molecule has 0 aliphatic rings. The molecule has 0 aliphatic carbocycles. The largest absolute Gasteiger partial charge is 0.496 e. The van der Waals surface area contributed by atoms with E-state index in [0.29, 0.717) is 23.1 Å². The monoisotopic (exact) mass is 259 g/mol. The summed E-state index contributed by atoms with van der Waals surface area (Å²) in [6.07, 6.45) is 0. The summed E-state index contributed by atoms with van der Waals surface area (Å²) in [6, 6.07) is 3.36. The summed E-state index contributed by atoms with van der Waals surface area (Å²) >= 11 is 5.95. The quantitative estimate of drug-likeness (QED) is 0.811. The molecule has 0 saturated heterocycles. The van der Waals surface area contributed by atoms with E-state index in [0.717, 1.165) is 5.56 Å². The van der Waals surface area contributed by atoms with E-state index in [2.05, 4.69) is 5.32 Å². The van der Waals surface area contributed by atoms with E-state index in [4.69, 9.17) is 26.2 Å². The Morgan fingerprint density at radius 2 is 2.00 bits per heavy atom. The third-order valence-electron chi connectivity index (χ3n) is 2.15. The van der Waals surface area contributed by atoms with Gasteiger partial charge < -0.3 is 19.9 Å². The summed E-state index contributed by atoms with van der Waals surface area (Å²) in [5.74, 6) is 0.207. The van der Waals surface area contributed by atoms with Gasteiger partial charge in [0.25, 0.3) is 0 Å². The molecular formula is C11H14ClNO4. The molecule has 94 valence electrons. The van der Waals surface area contributed by atoms with E-state index < -0.39 is 5.97 Å². The molecule has 17 heavy (non-hydrogen) atoms. The van der Waals surface area contributed by atoms with Gasteiger partial charge in [0.2, 0.25) is 0 Å². The van der Waals surface area contributed by atoms with Crippen molar-refractivity contribution in [1.29, 1.82) is 0 Å². The second kappa shape index (κ2) is 6.32. The number of ether oxygens (including phenoxy) is 2. The second-order valence-corrected chi connectivity index (χ2v) is 3.70. The Balaban J connectivity index is 2.84. The number of carboxylic acid groups (broad SMARTS) is 1. The van der Waals surface area contributed by atoms with E-state index in [9.17, 15) is 4.79 Å². The number of nitrogens with one attached hydrogen (secondary N) is 1. The predicted molar refractivity (Wildman–Crippen MR) is 63.9 cm³/mol. The molecule has 0 spiro atoms. The predicted octanol–water partition coefficient (Wildman–Crippen LogP) is 1.53. The van der Waals surface area contributed by atoms with Crippen LogP contribution in [0, 0.1) is 0 Å². The molecule has 2 N–H and O–H groups in total. The highest BCUT2D eigenvalue weighted by atomic mass is 35.5. The lowest BCUT2D eigenvalue weighted by atomic mass is 10.2. The van der Waals surface area contributed by atoms with Gasteiger partial charge >= 0.3 is 5.97 Å².